The Bertz CT molecular complexity index is 836. The molecule has 3 N–H and O–H groups in total. The number of nitrogens with zero attached hydrogens (tertiary/aromatic N) is 4. The van der Waals surface area contributed by atoms with E-state index in [1.165, 1.54) is 0 Å². The van der Waals surface area contributed by atoms with Gasteiger partial charge in [0.15, 0.2) is 5.65 Å². The van der Waals surface area contributed by atoms with E-state index in [0.29, 0.717) is 18.0 Å². The molecule has 1 atom stereocenters. The Balaban J connectivity index is 1.90. The molecular formula is C17H21BrN6O. The smallest absolute Gasteiger partial charge is 0.173 e. The Morgan fingerprint density at radius 1 is 1.32 bits per heavy atom. The first-order valence-electron chi connectivity index (χ1n) is 8.13. The first-order chi connectivity index (χ1) is 12.1. The van der Waals surface area contributed by atoms with Crippen molar-refractivity contribution in [3.05, 3.63) is 46.8 Å². The van der Waals surface area contributed by atoms with Gasteiger partial charge in [0.2, 0.25) is 0 Å². The van der Waals surface area contributed by atoms with Crippen LogP contribution in [-0.2, 0) is 6.54 Å². The molecule has 0 fully saturated rings. The van der Waals surface area contributed by atoms with Crippen molar-refractivity contribution in [1.29, 1.82) is 0 Å². The van der Waals surface area contributed by atoms with Gasteiger partial charge in [0.1, 0.15) is 11.6 Å². The van der Waals surface area contributed by atoms with E-state index in [1.54, 1.807) is 16.9 Å². The van der Waals surface area contributed by atoms with Crippen molar-refractivity contribution in [2.24, 2.45) is 5.92 Å². The minimum Gasteiger partial charge on any atom is -0.394 e. The predicted molar refractivity (Wildman–Crippen MR) is 102 cm³/mol. The zero-order chi connectivity index (χ0) is 17.8. The average Bonchev–Trinajstić information content (AvgIpc) is 2.99. The lowest BCUT2D eigenvalue weighted by Crippen LogP contribution is -2.30. The molecule has 0 aromatic carbocycles. The third kappa shape index (κ3) is 4.08. The minimum atomic E-state index is -0.0668. The molecule has 0 amide bonds. The molecule has 7 nitrogen and oxygen atoms in total. The Kier molecular flexibility index (Phi) is 5.50. The van der Waals surface area contributed by atoms with Crippen molar-refractivity contribution in [2.75, 3.05) is 17.2 Å². The second-order valence-electron chi connectivity index (χ2n) is 6.15. The number of aliphatic hydroxyl groups excluding tert-OH is 1. The molecule has 0 saturated heterocycles. The van der Waals surface area contributed by atoms with Gasteiger partial charge in [0.05, 0.1) is 23.3 Å². The van der Waals surface area contributed by atoms with E-state index in [0.717, 1.165) is 15.9 Å². The molecule has 0 saturated carbocycles. The maximum absolute atomic E-state index is 9.57. The molecule has 0 bridgehead atoms. The lowest BCUT2D eigenvalue weighted by molar-refractivity contribution is 0.249. The Hall–Kier alpha value is -2.19. The number of nitrogens with one attached hydrogen (secondary N) is 2. The maximum Gasteiger partial charge on any atom is 0.173 e. The van der Waals surface area contributed by atoms with Crippen LogP contribution in [0.1, 0.15) is 19.4 Å². The third-order valence-corrected chi connectivity index (χ3v) is 4.52. The van der Waals surface area contributed by atoms with Crippen LogP contribution in [0.25, 0.3) is 5.65 Å². The highest BCUT2D eigenvalue weighted by atomic mass is 79.9. The predicted octanol–water partition coefficient (Wildman–Crippen LogP) is 2.93. The van der Waals surface area contributed by atoms with Gasteiger partial charge < -0.3 is 15.7 Å². The number of aromatic nitrogens is 4. The molecule has 0 radical (unpaired) electrons. The zero-order valence-corrected chi connectivity index (χ0v) is 15.7. The number of hydrogen-bond acceptors (Lipinski definition) is 6. The molecule has 8 heteroatoms. The fraction of sp³-hybridized carbons (Fsp3) is 0.353. The summed E-state index contributed by atoms with van der Waals surface area (Å²) in [5.41, 5.74) is 1.78. The summed E-state index contributed by atoms with van der Waals surface area (Å²) in [6.07, 6.45) is 5.29. The largest absolute Gasteiger partial charge is 0.394 e. The Morgan fingerprint density at radius 2 is 2.16 bits per heavy atom. The molecule has 3 aromatic heterocycles. The summed E-state index contributed by atoms with van der Waals surface area (Å²) < 4.78 is 2.56. The summed E-state index contributed by atoms with van der Waals surface area (Å²) in [4.78, 5) is 8.73. The Labute approximate surface area is 154 Å². The summed E-state index contributed by atoms with van der Waals surface area (Å²) in [6, 6.07) is 5.75. The van der Waals surface area contributed by atoms with E-state index >= 15 is 0 Å². The van der Waals surface area contributed by atoms with Crippen LogP contribution in [0.15, 0.2) is 41.3 Å². The van der Waals surface area contributed by atoms with Crippen LogP contribution in [-0.4, -0.2) is 37.3 Å². The zero-order valence-electron chi connectivity index (χ0n) is 14.1. The van der Waals surface area contributed by atoms with Crippen LogP contribution in [0.3, 0.4) is 0 Å². The highest BCUT2D eigenvalue weighted by molar-refractivity contribution is 9.10. The van der Waals surface area contributed by atoms with E-state index in [1.807, 2.05) is 24.4 Å². The van der Waals surface area contributed by atoms with Crippen LogP contribution in [0.4, 0.5) is 11.6 Å². The topological polar surface area (TPSA) is 87.4 Å². The fourth-order valence-corrected chi connectivity index (χ4v) is 2.79. The molecule has 3 heterocycles. The lowest BCUT2D eigenvalue weighted by atomic mass is 10.1. The molecule has 0 aliphatic carbocycles. The summed E-state index contributed by atoms with van der Waals surface area (Å²) in [5, 5.41) is 20.6. The molecule has 3 aromatic rings. The normalized spacial score (nSPS) is 12.5. The highest BCUT2D eigenvalue weighted by Gasteiger charge is 2.15. The van der Waals surface area contributed by atoms with Gasteiger partial charge in [-0.25, -0.2) is 4.98 Å². The number of rotatable bonds is 7. The lowest BCUT2D eigenvalue weighted by Gasteiger charge is -2.21. The van der Waals surface area contributed by atoms with E-state index in [9.17, 15) is 5.11 Å². The minimum absolute atomic E-state index is 0.0450. The molecule has 3 rings (SSSR count). The SMILES string of the molecule is CC(C)[C@H](CO)Nc1cc(NCc2cccnc2)n2ncc(Br)c2n1. The number of fused-ring (bicyclic) bond motifs is 1. The van der Waals surface area contributed by atoms with Crippen molar-refractivity contribution in [1.82, 2.24) is 19.6 Å². The van der Waals surface area contributed by atoms with Crippen LogP contribution in [0.2, 0.25) is 0 Å². The summed E-state index contributed by atoms with van der Waals surface area (Å²) in [6.45, 7) is 4.78. The van der Waals surface area contributed by atoms with Crippen LogP contribution in [0.5, 0.6) is 0 Å². The molecule has 0 unspecified atom stereocenters. The summed E-state index contributed by atoms with van der Waals surface area (Å²) >= 11 is 3.48. The van der Waals surface area contributed by atoms with Crippen molar-refractivity contribution in [2.45, 2.75) is 26.4 Å². The van der Waals surface area contributed by atoms with E-state index in [2.05, 4.69) is 55.5 Å². The van der Waals surface area contributed by atoms with Gasteiger partial charge in [-0.05, 0) is 33.5 Å². The number of halogens is 1. The average molecular weight is 405 g/mol. The molecule has 0 aliphatic rings. The molecule has 132 valence electrons. The van der Waals surface area contributed by atoms with E-state index in [-0.39, 0.29) is 18.6 Å². The summed E-state index contributed by atoms with van der Waals surface area (Å²) in [5.74, 6) is 1.78. The summed E-state index contributed by atoms with van der Waals surface area (Å²) in [7, 11) is 0. The van der Waals surface area contributed by atoms with Gasteiger partial charge in [-0.15, -0.1) is 0 Å². The van der Waals surface area contributed by atoms with Gasteiger partial charge in [-0.1, -0.05) is 19.9 Å². The van der Waals surface area contributed by atoms with Crippen molar-refractivity contribution in [3.8, 4) is 0 Å². The fourth-order valence-electron chi connectivity index (χ4n) is 2.44. The third-order valence-electron chi connectivity index (χ3n) is 3.96. The van der Waals surface area contributed by atoms with Crippen LogP contribution >= 0.6 is 15.9 Å². The highest BCUT2D eigenvalue weighted by Crippen LogP contribution is 2.23. The van der Waals surface area contributed by atoms with E-state index < -0.39 is 0 Å². The van der Waals surface area contributed by atoms with Crippen LogP contribution in [0, 0.1) is 5.92 Å². The monoisotopic (exact) mass is 404 g/mol. The second kappa shape index (κ2) is 7.79. The number of anilines is 2. The molecule has 0 spiro atoms. The van der Waals surface area contributed by atoms with Gasteiger partial charge in [-0.3, -0.25) is 4.98 Å². The van der Waals surface area contributed by atoms with Crippen molar-refractivity contribution in [3.63, 3.8) is 0 Å². The molecule has 0 aliphatic heterocycles. The van der Waals surface area contributed by atoms with Gasteiger partial charge in [0, 0.05) is 25.0 Å². The van der Waals surface area contributed by atoms with Gasteiger partial charge >= 0.3 is 0 Å². The first-order valence-corrected chi connectivity index (χ1v) is 8.92. The standard InChI is InChI=1S/C17H21BrN6O/c1-11(2)14(10-25)22-15-6-16(20-8-12-4-3-5-19-7-12)24-17(23-15)13(18)9-21-24/h3-7,9,11,14,20,25H,8,10H2,1-2H3,(H,22,23)/t14-/m0/s1. The van der Waals surface area contributed by atoms with Crippen LogP contribution < -0.4 is 10.6 Å². The first kappa shape index (κ1) is 17.6. The molecular weight excluding hydrogens is 384 g/mol. The van der Waals surface area contributed by atoms with Crippen molar-refractivity contribution >= 4 is 33.2 Å². The molecule has 25 heavy (non-hydrogen) atoms. The maximum atomic E-state index is 9.57. The Morgan fingerprint density at radius 3 is 2.84 bits per heavy atom. The van der Waals surface area contributed by atoms with Gasteiger partial charge in [0.25, 0.3) is 0 Å². The van der Waals surface area contributed by atoms with Gasteiger partial charge in [-0.2, -0.15) is 9.61 Å². The quantitative estimate of drug-likeness (QED) is 0.560. The number of hydrogen-bond donors (Lipinski definition) is 3. The van der Waals surface area contributed by atoms with Crippen molar-refractivity contribution < 1.29 is 5.11 Å². The number of aliphatic hydroxyl groups is 1. The second-order valence-corrected chi connectivity index (χ2v) is 7.00. The van der Waals surface area contributed by atoms with E-state index in [4.69, 9.17) is 0 Å². The number of pyridine rings is 1.